The van der Waals surface area contributed by atoms with Crippen molar-refractivity contribution in [2.24, 2.45) is 0 Å². The van der Waals surface area contributed by atoms with Gasteiger partial charge in [0.1, 0.15) is 5.75 Å². The zero-order valence-electron chi connectivity index (χ0n) is 11.9. The third-order valence-corrected chi connectivity index (χ3v) is 3.18. The Kier molecular flexibility index (Phi) is 3.82. The molecule has 0 aliphatic rings. The maximum atomic E-state index is 12.4. The van der Waals surface area contributed by atoms with Crippen LogP contribution in [0.15, 0.2) is 55.0 Å². The number of hydrogen-bond acceptors (Lipinski definition) is 4. The van der Waals surface area contributed by atoms with Crippen LogP contribution in [0, 0.1) is 0 Å². The van der Waals surface area contributed by atoms with Crippen molar-refractivity contribution < 1.29 is 9.53 Å². The van der Waals surface area contributed by atoms with Gasteiger partial charge in [0.15, 0.2) is 0 Å². The molecule has 6 nitrogen and oxygen atoms in total. The Morgan fingerprint density at radius 2 is 2.00 bits per heavy atom. The van der Waals surface area contributed by atoms with Crippen LogP contribution in [0.5, 0.6) is 5.75 Å². The second kappa shape index (κ2) is 6.09. The Hall–Kier alpha value is -3.15. The molecule has 2 heterocycles. The molecule has 3 rings (SSSR count). The monoisotopic (exact) mass is 294 g/mol. The van der Waals surface area contributed by atoms with E-state index < -0.39 is 0 Å². The number of benzene rings is 1. The van der Waals surface area contributed by atoms with Crippen molar-refractivity contribution in [2.45, 2.75) is 0 Å². The Bertz CT molecular complexity index is 766. The van der Waals surface area contributed by atoms with Crippen LogP contribution in [0.25, 0.3) is 11.3 Å². The van der Waals surface area contributed by atoms with Crippen LogP contribution < -0.4 is 10.1 Å². The molecule has 6 heteroatoms. The molecule has 0 bridgehead atoms. The van der Waals surface area contributed by atoms with Crippen LogP contribution in [0.4, 0.5) is 5.69 Å². The Morgan fingerprint density at radius 3 is 2.68 bits per heavy atom. The second-order valence-electron chi connectivity index (χ2n) is 4.58. The summed E-state index contributed by atoms with van der Waals surface area (Å²) in [7, 11) is 1.61. The number of anilines is 1. The number of H-pyrrole nitrogens is 1. The molecule has 22 heavy (non-hydrogen) atoms. The third-order valence-electron chi connectivity index (χ3n) is 3.18. The van der Waals surface area contributed by atoms with Crippen molar-refractivity contribution >= 4 is 11.6 Å². The maximum Gasteiger partial charge on any atom is 0.259 e. The number of aromatic nitrogens is 3. The van der Waals surface area contributed by atoms with E-state index in [0.29, 0.717) is 16.9 Å². The summed E-state index contributed by atoms with van der Waals surface area (Å²) >= 11 is 0. The molecule has 0 unspecified atom stereocenters. The predicted molar refractivity (Wildman–Crippen MR) is 82.8 cm³/mol. The van der Waals surface area contributed by atoms with Crippen LogP contribution in [0.3, 0.4) is 0 Å². The van der Waals surface area contributed by atoms with Crippen LogP contribution in [0.1, 0.15) is 10.4 Å². The van der Waals surface area contributed by atoms with E-state index in [0.717, 1.165) is 11.3 Å². The Labute approximate surface area is 127 Å². The van der Waals surface area contributed by atoms with Crippen molar-refractivity contribution in [3.05, 3.63) is 60.6 Å². The SMILES string of the molecule is COc1ccc(-c2[nH]ncc2C(=O)Nc2cccnc2)cc1. The highest BCUT2D eigenvalue weighted by Gasteiger charge is 2.15. The van der Waals surface area contributed by atoms with Gasteiger partial charge in [0.2, 0.25) is 0 Å². The molecule has 0 fully saturated rings. The number of carbonyl (C=O) groups is 1. The minimum atomic E-state index is -0.243. The largest absolute Gasteiger partial charge is 0.497 e. The number of carbonyl (C=O) groups excluding carboxylic acids is 1. The average molecular weight is 294 g/mol. The molecular weight excluding hydrogens is 280 g/mol. The van der Waals surface area contributed by atoms with Crippen LogP contribution >= 0.6 is 0 Å². The van der Waals surface area contributed by atoms with Gasteiger partial charge in [-0.05, 0) is 36.4 Å². The first-order valence-electron chi connectivity index (χ1n) is 6.67. The van der Waals surface area contributed by atoms with Crippen LogP contribution in [-0.4, -0.2) is 28.2 Å². The van der Waals surface area contributed by atoms with Gasteiger partial charge in [0, 0.05) is 11.8 Å². The summed E-state index contributed by atoms with van der Waals surface area (Å²) in [5.74, 6) is 0.511. The van der Waals surface area contributed by atoms with Crippen LogP contribution in [0.2, 0.25) is 0 Å². The highest BCUT2D eigenvalue weighted by Crippen LogP contribution is 2.24. The van der Waals surface area contributed by atoms with E-state index in [1.54, 1.807) is 31.6 Å². The molecular formula is C16H14N4O2. The number of nitrogens with one attached hydrogen (secondary N) is 2. The van der Waals surface area contributed by atoms with E-state index in [2.05, 4.69) is 20.5 Å². The molecule has 0 saturated heterocycles. The van der Waals surface area contributed by atoms with Crippen LogP contribution in [-0.2, 0) is 0 Å². The topological polar surface area (TPSA) is 79.9 Å². The van der Waals surface area contributed by atoms with Crippen molar-refractivity contribution in [2.75, 3.05) is 12.4 Å². The standard InChI is InChI=1S/C16H14N4O2/c1-22-13-6-4-11(5-7-13)15-14(10-18-20-15)16(21)19-12-3-2-8-17-9-12/h2-10H,1H3,(H,18,20)(H,19,21). The Balaban J connectivity index is 1.86. The highest BCUT2D eigenvalue weighted by atomic mass is 16.5. The lowest BCUT2D eigenvalue weighted by Crippen LogP contribution is -2.12. The van der Waals surface area contributed by atoms with Gasteiger partial charge in [-0.1, -0.05) is 0 Å². The van der Waals surface area contributed by atoms with Gasteiger partial charge in [-0.15, -0.1) is 0 Å². The fourth-order valence-corrected chi connectivity index (χ4v) is 2.07. The smallest absolute Gasteiger partial charge is 0.259 e. The van der Waals surface area contributed by atoms with Gasteiger partial charge >= 0.3 is 0 Å². The molecule has 1 aromatic carbocycles. The van der Waals surface area contributed by atoms with Crippen molar-refractivity contribution in [1.82, 2.24) is 15.2 Å². The molecule has 110 valence electrons. The first-order valence-corrected chi connectivity index (χ1v) is 6.67. The van der Waals surface area contributed by atoms with Crippen molar-refractivity contribution in [1.29, 1.82) is 0 Å². The molecule has 0 radical (unpaired) electrons. The van der Waals surface area contributed by atoms with Gasteiger partial charge < -0.3 is 10.1 Å². The fraction of sp³-hybridized carbons (Fsp3) is 0.0625. The lowest BCUT2D eigenvalue weighted by molar-refractivity contribution is 0.102. The van der Waals surface area contributed by atoms with Gasteiger partial charge in [0.25, 0.3) is 5.91 Å². The number of amides is 1. The minimum absolute atomic E-state index is 0.243. The summed E-state index contributed by atoms with van der Waals surface area (Å²) in [6, 6.07) is 10.9. The molecule has 3 aromatic rings. The minimum Gasteiger partial charge on any atom is -0.497 e. The predicted octanol–water partition coefficient (Wildman–Crippen LogP) is 2.73. The van der Waals surface area contributed by atoms with Gasteiger partial charge in [-0.3, -0.25) is 14.9 Å². The van der Waals surface area contributed by atoms with Gasteiger partial charge in [0.05, 0.1) is 36.4 Å². The zero-order chi connectivity index (χ0) is 15.4. The summed E-state index contributed by atoms with van der Waals surface area (Å²) in [4.78, 5) is 16.3. The molecule has 0 aliphatic heterocycles. The molecule has 2 aromatic heterocycles. The number of hydrogen-bond donors (Lipinski definition) is 2. The first-order chi connectivity index (χ1) is 10.8. The number of aromatic amines is 1. The quantitative estimate of drug-likeness (QED) is 0.775. The molecule has 0 aliphatic carbocycles. The van der Waals surface area contributed by atoms with E-state index in [9.17, 15) is 4.79 Å². The van der Waals surface area contributed by atoms with Crippen molar-refractivity contribution in [3.63, 3.8) is 0 Å². The number of rotatable bonds is 4. The lowest BCUT2D eigenvalue weighted by atomic mass is 10.1. The summed E-state index contributed by atoms with van der Waals surface area (Å²) in [6.45, 7) is 0. The highest BCUT2D eigenvalue weighted by molar-refractivity contribution is 6.07. The molecule has 0 spiro atoms. The Morgan fingerprint density at radius 1 is 1.18 bits per heavy atom. The summed E-state index contributed by atoms with van der Waals surface area (Å²) in [5.41, 5.74) is 2.61. The second-order valence-corrected chi connectivity index (χ2v) is 4.58. The van der Waals surface area contributed by atoms with E-state index in [4.69, 9.17) is 4.74 Å². The van der Waals surface area contributed by atoms with E-state index in [-0.39, 0.29) is 5.91 Å². The van der Waals surface area contributed by atoms with Gasteiger partial charge in [-0.2, -0.15) is 5.10 Å². The number of ether oxygens (including phenoxy) is 1. The lowest BCUT2D eigenvalue weighted by Gasteiger charge is -2.06. The summed E-state index contributed by atoms with van der Waals surface area (Å²) in [6.07, 6.45) is 4.74. The average Bonchev–Trinajstić information content (AvgIpc) is 3.05. The van der Waals surface area contributed by atoms with E-state index >= 15 is 0 Å². The molecule has 2 N–H and O–H groups in total. The summed E-state index contributed by atoms with van der Waals surface area (Å²) in [5, 5.41) is 9.62. The summed E-state index contributed by atoms with van der Waals surface area (Å²) < 4.78 is 5.13. The third kappa shape index (κ3) is 2.80. The maximum absolute atomic E-state index is 12.4. The van der Waals surface area contributed by atoms with E-state index in [1.165, 1.54) is 6.20 Å². The number of pyridine rings is 1. The normalized spacial score (nSPS) is 10.2. The number of nitrogens with zero attached hydrogens (tertiary/aromatic N) is 2. The molecule has 0 atom stereocenters. The molecule has 0 saturated carbocycles. The fourth-order valence-electron chi connectivity index (χ4n) is 2.07. The first kappa shape index (κ1) is 13.8. The van der Waals surface area contributed by atoms with Crippen molar-refractivity contribution in [3.8, 4) is 17.0 Å². The van der Waals surface area contributed by atoms with E-state index in [1.807, 2.05) is 24.3 Å². The number of methoxy groups -OCH3 is 1. The van der Waals surface area contributed by atoms with Gasteiger partial charge in [-0.25, -0.2) is 0 Å². The molecule has 1 amide bonds. The zero-order valence-corrected chi connectivity index (χ0v) is 11.9.